The van der Waals surface area contributed by atoms with Gasteiger partial charge in [0.1, 0.15) is 0 Å². The van der Waals surface area contributed by atoms with Crippen molar-refractivity contribution in [1.82, 2.24) is 15.0 Å². The van der Waals surface area contributed by atoms with Gasteiger partial charge in [-0.1, -0.05) is 0 Å². The third kappa shape index (κ3) is 3.24. The SMILES string of the molecule is CC(CO)N(C)c1nc(NN)nc(N2CCOCC2)n1. The van der Waals surface area contributed by atoms with Crippen molar-refractivity contribution in [3.8, 4) is 0 Å². The number of morpholine rings is 1. The number of nitrogens with one attached hydrogen (secondary N) is 1. The van der Waals surface area contributed by atoms with Crippen LogP contribution in [0, 0.1) is 0 Å². The van der Waals surface area contributed by atoms with E-state index in [1.54, 1.807) is 4.90 Å². The molecule has 0 saturated carbocycles. The fourth-order valence-corrected chi connectivity index (χ4v) is 1.80. The Labute approximate surface area is 117 Å². The Bertz CT molecular complexity index is 419. The quantitative estimate of drug-likeness (QED) is 0.453. The molecule has 1 aromatic heterocycles. The first-order valence-corrected chi connectivity index (χ1v) is 6.54. The Morgan fingerprint density at radius 2 is 2.10 bits per heavy atom. The first-order chi connectivity index (χ1) is 9.65. The van der Waals surface area contributed by atoms with Crippen molar-refractivity contribution in [3.05, 3.63) is 0 Å². The average molecular weight is 283 g/mol. The molecule has 2 rings (SSSR count). The van der Waals surface area contributed by atoms with Crippen molar-refractivity contribution in [1.29, 1.82) is 0 Å². The zero-order valence-electron chi connectivity index (χ0n) is 11.8. The van der Waals surface area contributed by atoms with Crippen LogP contribution < -0.4 is 21.1 Å². The molecule has 1 fully saturated rings. The lowest BCUT2D eigenvalue weighted by Gasteiger charge is -2.28. The predicted octanol–water partition coefficient (Wildman–Crippen LogP) is -1.19. The molecule has 112 valence electrons. The molecule has 1 aliphatic rings. The van der Waals surface area contributed by atoms with Crippen LogP contribution in [0.5, 0.6) is 0 Å². The Morgan fingerprint density at radius 1 is 1.40 bits per heavy atom. The number of aliphatic hydroxyl groups is 1. The van der Waals surface area contributed by atoms with Crippen molar-refractivity contribution in [2.24, 2.45) is 5.84 Å². The number of hydrogen-bond donors (Lipinski definition) is 3. The van der Waals surface area contributed by atoms with Crippen LogP contribution >= 0.6 is 0 Å². The molecule has 9 heteroatoms. The van der Waals surface area contributed by atoms with Gasteiger partial charge in [-0.3, -0.25) is 5.43 Å². The highest BCUT2D eigenvalue weighted by Gasteiger charge is 2.19. The Balaban J connectivity index is 2.27. The maximum atomic E-state index is 9.23. The number of hydrogen-bond acceptors (Lipinski definition) is 9. The van der Waals surface area contributed by atoms with E-state index in [4.69, 9.17) is 10.6 Å². The van der Waals surface area contributed by atoms with Gasteiger partial charge in [-0.2, -0.15) is 15.0 Å². The van der Waals surface area contributed by atoms with Gasteiger partial charge < -0.3 is 19.6 Å². The summed E-state index contributed by atoms with van der Waals surface area (Å²) in [6.07, 6.45) is 0. The highest BCUT2D eigenvalue weighted by Crippen LogP contribution is 2.17. The van der Waals surface area contributed by atoms with Gasteiger partial charge in [0.2, 0.25) is 17.8 Å². The Morgan fingerprint density at radius 3 is 2.70 bits per heavy atom. The normalized spacial score (nSPS) is 16.9. The van der Waals surface area contributed by atoms with Gasteiger partial charge in [0.05, 0.1) is 25.9 Å². The number of aromatic nitrogens is 3. The molecule has 0 amide bonds. The number of nitrogen functional groups attached to an aromatic ring is 1. The molecule has 9 nitrogen and oxygen atoms in total. The van der Waals surface area contributed by atoms with E-state index < -0.39 is 0 Å². The zero-order chi connectivity index (χ0) is 14.5. The fourth-order valence-electron chi connectivity index (χ4n) is 1.80. The number of aliphatic hydroxyl groups excluding tert-OH is 1. The molecule has 1 unspecified atom stereocenters. The minimum absolute atomic E-state index is 0.0143. The number of anilines is 3. The number of nitrogens with two attached hydrogens (primary N) is 1. The molecule has 0 spiro atoms. The van der Waals surface area contributed by atoms with E-state index in [9.17, 15) is 5.11 Å². The third-order valence-electron chi connectivity index (χ3n) is 3.28. The van der Waals surface area contributed by atoms with Crippen LogP contribution in [0.15, 0.2) is 0 Å². The molecular weight excluding hydrogens is 262 g/mol. The standard InChI is InChI=1S/C11H21N7O2/c1-8(7-19)17(2)10-13-9(16-12)14-11(15-10)18-3-5-20-6-4-18/h8,19H,3-7,12H2,1-2H3,(H,13,14,15,16). The molecule has 1 atom stereocenters. The number of nitrogens with zero attached hydrogens (tertiary/aromatic N) is 5. The van der Waals surface area contributed by atoms with Gasteiger partial charge in [-0.15, -0.1) is 0 Å². The first kappa shape index (κ1) is 14.7. The van der Waals surface area contributed by atoms with Gasteiger partial charge in [0.15, 0.2) is 0 Å². The molecule has 0 aliphatic carbocycles. The summed E-state index contributed by atoms with van der Waals surface area (Å²) in [6, 6.07) is -0.0967. The summed E-state index contributed by atoms with van der Waals surface area (Å²) in [6.45, 7) is 4.65. The maximum Gasteiger partial charge on any atom is 0.243 e. The monoisotopic (exact) mass is 283 g/mol. The summed E-state index contributed by atoms with van der Waals surface area (Å²) < 4.78 is 5.31. The summed E-state index contributed by atoms with van der Waals surface area (Å²) in [5.74, 6) is 6.74. The summed E-state index contributed by atoms with van der Waals surface area (Å²) in [7, 11) is 1.82. The van der Waals surface area contributed by atoms with E-state index in [-0.39, 0.29) is 12.6 Å². The van der Waals surface area contributed by atoms with E-state index in [1.165, 1.54) is 0 Å². The first-order valence-electron chi connectivity index (χ1n) is 6.54. The number of likely N-dealkylation sites (N-methyl/N-ethyl adjacent to an activating group) is 1. The van der Waals surface area contributed by atoms with Crippen molar-refractivity contribution < 1.29 is 9.84 Å². The van der Waals surface area contributed by atoms with Gasteiger partial charge in [-0.05, 0) is 6.92 Å². The van der Waals surface area contributed by atoms with E-state index in [0.29, 0.717) is 31.1 Å². The fraction of sp³-hybridized carbons (Fsp3) is 0.727. The van der Waals surface area contributed by atoms with E-state index in [0.717, 1.165) is 13.1 Å². The second-order valence-corrected chi connectivity index (χ2v) is 4.65. The minimum Gasteiger partial charge on any atom is -0.394 e. The molecule has 4 N–H and O–H groups in total. The van der Waals surface area contributed by atoms with Crippen LogP contribution in [0.4, 0.5) is 17.8 Å². The maximum absolute atomic E-state index is 9.23. The zero-order valence-corrected chi connectivity index (χ0v) is 11.8. The predicted molar refractivity (Wildman–Crippen MR) is 75.6 cm³/mol. The second kappa shape index (κ2) is 6.64. The highest BCUT2D eigenvalue weighted by atomic mass is 16.5. The van der Waals surface area contributed by atoms with E-state index >= 15 is 0 Å². The lowest BCUT2D eigenvalue weighted by atomic mass is 10.3. The van der Waals surface area contributed by atoms with Crippen LogP contribution in [0.1, 0.15) is 6.92 Å². The van der Waals surface area contributed by atoms with Crippen LogP contribution in [0.3, 0.4) is 0 Å². The Hall–Kier alpha value is -1.71. The smallest absolute Gasteiger partial charge is 0.243 e. The lowest BCUT2D eigenvalue weighted by Crippen LogP contribution is -2.39. The summed E-state index contributed by atoms with van der Waals surface area (Å²) in [4.78, 5) is 16.7. The summed E-state index contributed by atoms with van der Waals surface area (Å²) >= 11 is 0. The van der Waals surface area contributed by atoms with Crippen LogP contribution in [-0.2, 0) is 4.74 Å². The highest BCUT2D eigenvalue weighted by molar-refractivity contribution is 5.45. The topological polar surface area (TPSA) is 113 Å². The molecule has 2 heterocycles. The van der Waals surface area contributed by atoms with Crippen molar-refractivity contribution >= 4 is 17.8 Å². The number of ether oxygens (including phenoxy) is 1. The molecule has 0 radical (unpaired) electrons. The van der Waals surface area contributed by atoms with Gasteiger partial charge >= 0.3 is 0 Å². The Kier molecular flexibility index (Phi) is 4.88. The largest absolute Gasteiger partial charge is 0.394 e. The van der Waals surface area contributed by atoms with Crippen molar-refractivity contribution in [2.75, 3.05) is 55.2 Å². The van der Waals surface area contributed by atoms with Crippen molar-refractivity contribution in [3.63, 3.8) is 0 Å². The molecule has 1 saturated heterocycles. The summed E-state index contributed by atoms with van der Waals surface area (Å²) in [5, 5.41) is 9.23. The molecule has 0 bridgehead atoms. The lowest BCUT2D eigenvalue weighted by molar-refractivity contribution is 0.122. The van der Waals surface area contributed by atoms with Crippen LogP contribution in [0.25, 0.3) is 0 Å². The minimum atomic E-state index is -0.0967. The van der Waals surface area contributed by atoms with Crippen LogP contribution in [0.2, 0.25) is 0 Å². The molecular formula is C11H21N7O2. The molecule has 20 heavy (non-hydrogen) atoms. The van der Waals surface area contributed by atoms with Gasteiger partial charge in [0.25, 0.3) is 0 Å². The van der Waals surface area contributed by atoms with Crippen LogP contribution in [-0.4, -0.2) is 66.1 Å². The average Bonchev–Trinajstić information content (AvgIpc) is 2.53. The van der Waals surface area contributed by atoms with Gasteiger partial charge in [-0.25, -0.2) is 5.84 Å². The summed E-state index contributed by atoms with van der Waals surface area (Å²) in [5.41, 5.74) is 2.45. The van der Waals surface area contributed by atoms with Crippen molar-refractivity contribution in [2.45, 2.75) is 13.0 Å². The van der Waals surface area contributed by atoms with E-state index in [2.05, 4.69) is 20.4 Å². The number of hydrazine groups is 1. The second-order valence-electron chi connectivity index (χ2n) is 4.65. The third-order valence-corrected chi connectivity index (χ3v) is 3.28. The molecule has 1 aliphatic heterocycles. The number of rotatable bonds is 5. The van der Waals surface area contributed by atoms with E-state index in [1.807, 2.05) is 18.9 Å². The molecule has 0 aromatic carbocycles. The molecule has 1 aromatic rings. The van der Waals surface area contributed by atoms with Gasteiger partial charge in [0, 0.05) is 20.1 Å².